The van der Waals surface area contributed by atoms with Crippen molar-refractivity contribution in [3.05, 3.63) is 70.4 Å². The van der Waals surface area contributed by atoms with Gasteiger partial charge in [0.15, 0.2) is 0 Å². The maximum Gasteiger partial charge on any atom is 0.224 e. The van der Waals surface area contributed by atoms with Crippen LogP contribution in [0.4, 0.5) is 0 Å². The summed E-state index contributed by atoms with van der Waals surface area (Å²) >= 11 is 1.67. The van der Waals surface area contributed by atoms with Crippen LogP contribution in [0, 0.1) is 0 Å². The Morgan fingerprint density at radius 1 is 1.10 bits per heavy atom. The van der Waals surface area contributed by atoms with Crippen LogP contribution in [-0.4, -0.2) is 5.91 Å². The third-order valence-electron chi connectivity index (χ3n) is 3.58. The van der Waals surface area contributed by atoms with Crippen molar-refractivity contribution in [2.24, 2.45) is 0 Å². The van der Waals surface area contributed by atoms with E-state index in [0.717, 1.165) is 10.9 Å². The Hall–Kier alpha value is -2.13. The molecule has 0 fully saturated rings. The fourth-order valence-electron chi connectivity index (χ4n) is 2.52. The number of hydrogen-bond donors (Lipinski definition) is 1. The van der Waals surface area contributed by atoms with E-state index in [1.807, 2.05) is 48.7 Å². The molecule has 21 heavy (non-hydrogen) atoms. The number of hydrogen-bond acceptors (Lipinski definition) is 2. The third kappa shape index (κ3) is 3.14. The van der Waals surface area contributed by atoms with E-state index in [1.165, 1.54) is 10.3 Å². The summed E-state index contributed by atoms with van der Waals surface area (Å²) in [4.78, 5) is 13.4. The lowest BCUT2D eigenvalue weighted by Crippen LogP contribution is -2.27. The fraction of sp³-hybridized carbons (Fsp3) is 0.167. The zero-order valence-corrected chi connectivity index (χ0v) is 12.7. The molecule has 0 aliphatic carbocycles. The van der Waals surface area contributed by atoms with Gasteiger partial charge in [-0.1, -0.05) is 48.5 Å². The van der Waals surface area contributed by atoms with Gasteiger partial charge in [-0.25, -0.2) is 0 Å². The zero-order valence-electron chi connectivity index (χ0n) is 11.9. The van der Waals surface area contributed by atoms with Gasteiger partial charge in [0.1, 0.15) is 0 Å². The molecular formula is C18H17NOS. The summed E-state index contributed by atoms with van der Waals surface area (Å²) < 4.78 is 0. The highest BCUT2D eigenvalue weighted by Crippen LogP contribution is 2.20. The monoisotopic (exact) mass is 295 g/mol. The van der Waals surface area contributed by atoms with E-state index < -0.39 is 0 Å². The second-order valence-corrected chi connectivity index (χ2v) is 6.10. The van der Waals surface area contributed by atoms with Gasteiger partial charge in [0.05, 0.1) is 12.5 Å². The summed E-state index contributed by atoms with van der Waals surface area (Å²) in [6.07, 6.45) is 0.414. The number of rotatable bonds is 4. The van der Waals surface area contributed by atoms with E-state index in [9.17, 15) is 4.79 Å². The molecule has 0 unspecified atom stereocenters. The number of nitrogens with one attached hydrogen (secondary N) is 1. The van der Waals surface area contributed by atoms with Crippen LogP contribution in [0.1, 0.15) is 23.4 Å². The smallest absolute Gasteiger partial charge is 0.224 e. The van der Waals surface area contributed by atoms with Gasteiger partial charge in [-0.3, -0.25) is 4.79 Å². The summed E-state index contributed by atoms with van der Waals surface area (Å²) in [5.41, 5.74) is 1.07. The lowest BCUT2D eigenvalue weighted by atomic mass is 10.0. The normalized spacial score (nSPS) is 12.2. The number of benzene rings is 2. The highest BCUT2D eigenvalue weighted by Gasteiger charge is 2.12. The molecule has 1 heterocycles. The Bertz CT molecular complexity index is 744. The van der Waals surface area contributed by atoms with Crippen molar-refractivity contribution in [1.82, 2.24) is 5.32 Å². The molecule has 0 bridgehead atoms. The molecule has 2 aromatic carbocycles. The molecule has 0 saturated heterocycles. The molecule has 0 spiro atoms. The molecule has 0 aliphatic rings. The van der Waals surface area contributed by atoms with Crippen molar-refractivity contribution >= 4 is 28.0 Å². The molecule has 0 saturated carbocycles. The highest BCUT2D eigenvalue weighted by molar-refractivity contribution is 7.10. The van der Waals surface area contributed by atoms with E-state index in [4.69, 9.17) is 0 Å². The van der Waals surface area contributed by atoms with Gasteiger partial charge in [0.25, 0.3) is 0 Å². The van der Waals surface area contributed by atoms with Gasteiger partial charge >= 0.3 is 0 Å². The second-order valence-electron chi connectivity index (χ2n) is 5.12. The average molecular weight is 295 g/mol. The Balaban J connectivity index is 1.75. The van der Waals surface area contributed by atoms with Crippen molar-refractivity contribution in [2.45, 2.75) is 19.4 Å². The maximum absolute atomic E-state index is 12.3. The number of carbonyl (C=O) groups excluding carboxylic acids is 1. The van der Waals surface area contributed by atoms with Gasteiger partial charge in [-0.2, -0.15) is 0 Å². The molecule has 3 heteroatoms. The lowest BCUT2D eigenvalue weighted by Gasteiger charge is -2.13. The number of fused-ring (bicyclic) bond motifs is 1. The molecule has 3 rings (SSSR count). The first-order valence-electron chi connectivity index (χ1n) is 7.03. The first-order chi connectivity index (χ1) is 10.2. The SMILES string of the molecule is C[C@H](NC(=O)Cc1cccc2ccccc12)c1cccs1. The Morgan fingerprint density at radius 2 is 1.90 bits per heavy atom. The Morgan fingerprint density at radius 3 is 2.71 bits per heavy atom. The molecule has 0 aliphatic heterocycles. The van der Waals surface area contributed by atoms with Crippen LogP contribution in [0.2, 0.25) is 0 Å². The Labute approximate surface area is 128 Å². The van der Waals surface area contributed by atoms with Gasteiger partial charge in [-0.15, -0.1) is 11.3 Å². The van der Waals surface area contributed by atoms with Crippen LogP contribution in [0.5, 0.6) is 0 Å². The second kappa shape index (κ2) is 6.10. The summed E-state index contributed by atoms with van der Waals surface area (Å²) in [7, 11) is 0. The fourth-order valence-corrected chi connectivity index (χ4v) is 3.26. The topological polar surface area (TPSA) is 29.1 Å². The molecule has 3 aromatic rings. The summed E-state index contributed by atoms with van der Waals surface area (Å²) in [5.74, 6) is 0.0623. The third-order valence-corrected chi connectivity index (χ3v) is 4.63. The molecule has 1 atom stereocenters. The van der Waals surface area contributed by atoms with Crippen LogP contribution in [0.3, 0.4) is 0 Å². The van der Waals surface area contributed by atoms with Crippen LogP contribution >= 0.6 is 11.3 Å². The van der Waals surface area contributed by atoms with Crippen LogP contribution in [0.15, 0.2) is 60.0 Å². The van der Waals surface area contributed by atoms with Gasteiger partial charge in [0.2, 0.25) is 5.91 Å². The molecule has 0 radical (unpaired) electrons. The van der Waals surface area contributed by atoms with Crippen LogP contribution in [-0.2, 0) is 11.2 Å². The minimum absolute atomic E-state index is 0.0623. The average Bonchev–Trinajstić information content (AvgIpc) is 3.02. The number of thiophene rings is 1. The van der Waals surface area contributed by atoms with Gasteiger partial charge < -0.3 is 5.32 Å². The van der Waals surface area contributed by atoms with Crippen molar-refractivity contribution < 1.29 is 4.79 Å². The maximum atomic E-state index is 12.3. The van der Waals surface area contributed by atoms with E-state index in [-0.39, 0.29) is 11.9 Å². The van der Waals surface area contributed by atoms with E-state index in [1.54, 1.807) is 11.3 Å². The van der Waals surface area contributed by atoms with Gasteiger partial charge in [-0.05, 0) is 34.7 Å². The van der Waals surface area contributed by atoms with E-state index >= 15 is 0 Å². The van der Waals surface area contributed by atoms with Crippen molar-refractivity contribution in [3.8, 4) is 0 Å². The van der Waals surface area contributed by atoms with Gasteiger partial charge in [0, 0.05) is 4.88 Å². The first kappa shape index (κ1) is 13.8. The van der Waals surface area contributed by atoms with Crippen molar-refractivity contribution in [2.75, 3.05) is 0 Å². The standard InChI is InChI=1S/C18H17NOS/c1-13(17-10-5-11-21-17)19-18(20)12-15-8-4-7-14-6-2-3-9-16(14)15/h2-11,13H,12H2,1H3,(H,19,20)/t13-/m0/s1. The van der Waals surface area contributed by atoms with Crippen molar-refractivity contribution in [1.29, 1.82) is 0 Å². The predicted molar refractivity (Wildman–Crippen MR) is 88.5 cm³/mol. The van der Waals surface area contributed by atoms with E-state index in [0.29, 0.717) is 6.42 Å². The number of carbonyl (C=O) groups is 1. The van der Waals surface area contributed by atoms with Crippen LogP contribution in [0.25, 0.3) is 10.8 Å². The van der Waals surface area contributed by atoms with Crippen LogP contribution < -0.4 is 5.32 Å². The minimum Gasteiger partial charge on any atom is -0.348 e. The zero-order chi connectivity index (χ0) is 14.7. The summed E-state index contributed by atoms with van der Waals surface area (Å²) in [6, 6.07) is 18.4. The molecule has 106 valence electrons. The largest absolute Gasteiger partial charge is 0.348 e. The minimum atomic E-state index is 0.0623. The lowest BCUT2D eigenvalue weighted by molar-refractivity contribution is -0.121. The Kier molecular flexibility index (Phi) is 4.02. The predicted octanol–water partition coefficient (Wildman–Crippen LogP) is 4.32. The molecule has 1 amide bonds. The first-order valence-corrected chi connectivity index (χ1v) is 7.91. The quantitative estimate of drug-likeness (QED) is 0.763. The van der Waals surface area contributed by atoms with E-state index in [2.05, 4.69) is 23.5 Å². The summed E-state index contributed by atoms with van der Waals surface area (Å²) in [5, 5.41) is 7.42. The molecular weight excluding hydrogens is 278 g/mol. The molecule has 1 aromatic heterocycles. The molecule has 2 nitrogen and oxygen atoms in total. The summed E-state index contributed by atoms with van der Waals surface area (Å²) in [6.45, 7) is 2.02. The molecule has 1 N–H and O–H groups in total. The highest BCUT2D eigenvalue weighted by atomic mass is 32.1. The number of amides is 1. The van der Waals surface area contributed by atoms with Crippen molar-refractivity contribution in [3.63, 3.8) is 0 Å².